The van der Waals surface area contributed by atoms with Crippen LogP contribution in [0.15, 0.2) is 41.1 Å². The largest absolute Gasteiger partial charge is 0.214 e. The number of hydrogen-bond donors (Lipinski definition) is 1. The summed E-state index contributed by atoms with van der Waals surface area (Å²) in [5.74, 6) is 0.394. The highest BCUT2D eigenvalue weighted by atomic mass is 32.2. The van der Waals surface area contributed by atoms with E-state index >= 15 is 0 Å². The molecule has 24 heavy (non-hydrogen) atoms. The lowest BCUT2D eigenvalue weighted by Crippen LogP contribution is -2.41. The third-order valence-electron chi connectivity index (χ3n) is 4.90. The van der Waals surface area contributed by atoms with Crippen LogP contribution in [0.4, 0.5) is 0 Å². The third-order valence-corrected chi connectivity index (χ3v) is 7.46. The fourth-order valence-corrected chi connectivity index (χ4v) is 5.02. The van der Waals surface area contributed by atoms with Gasteiger partial charge in [0.25, 0.3) is 0 Å². The summed E-state index contributed by atoms with van der Waals surface area (Å²) in [5.41, 5.74) is 3.79. The molecule has 2 unspecified atom stereocenters. The Morgan fingerprint density at radius 2 is 1.88 bits per heavy atom. The first-order valence-corrected chi connectivity index (χ1v) is 11.1. The van der Waals surface area contributed by atoms with Crippen molar-refractivity contribution in [2.24, 2.45) is 5.92 Å². The van der Waals surface area contributed by atoms with Crippen molar-refractivity contribution in [2.45, 2.75) is 50.8 Å². The molecule has 1 fully saturated rings. The Kier molecular flexibility index (Phi) is 5.42. The Balaban J connectivity index is 1.66. The number of nitrogens with one attached hydrogen (secondary N) is 1. The Labute approximate surface area is 149 Å². The lowest BCUT2D eigenvalue weighted by molar-refractivity contribution is 0.440. The van der Waals surface area contributed by atoms with Crippen LogP contribution in [-0.2, 0) is 16.4 Å². The van der Waals surface area contributed by atoms with Crippen LogP contribution in [-0.4, -0.2) is 19.7 Å². The van der Waals surface area contributed by atoms with Crippen molar-refractivity contribution in [3.8, 4) is 11.1 Å². The van der Waals surface area contributed by atoms with Crippen LogP contribution in [0.5, 0.6) is 0 Å². The molecular weight excluding hydrogens is 338 g/mol. The second kappa shape index (κ2) is 7.38. The van der Waals surface area contributed by atoms with Gasteiger partial charge >= 0.3 is 0 Å². The first kappa shape index (κ1) is 17.6. The maximum absolute atomic E-state index is 12.2. The summed E-state index contributed by atoms with van der Waals surface area (Å²) >= 11 is 1.71. The van der Waals surface area contributed by atoms with Crippen LogP contribution in [0.25, 0.3) is 11.1 Å². The van der Waals surface area contributed by atoms with Gasteiger partial charge in [0.2, 0.25) is 10.0 Å². The van der Waals surface area contributed by atoms with Crippen molar-refractivity contribution in [3.05, 3.63) is 46.7 Å². The van der Waals surface area contributed by atoms with E-state index in [9.17, 15) is 8.42 Å². The van der Waals surface area contributed by atoms with E-state index in [1.807, 2.05) is 0 Å². The average molecular weight is 364 g/mol. The normalized spacial score (nSPS) is 21.5. The molecule has 130 valence electrons. The highest BCUT2D eigenvalue weighted by Crippen LogP contribution is 2.30. The fraction of sp³-hybridized carbons (Fsp3) is 0.474. The van der Waals surface area contributed by atoms with Gasteiger partial charge in [0.1, 0.15) is 0 Å². The smallest absolute Gasteiger partial charge is 0.212 e. The summed E-state index contributed by atoms with van der Waals surface area (Å²) in [6.45, 7) is 3.46. The van der Waals surface area contributed by atoms with Gasteiger partial charge in [-0.1, -0.05) is 30.7 Å². The highest BCUT2D eigenvalue weighted by molar-refractivity contribution is 7.90. The van der Waals surface area contributed by atoms with Crippen molar-refractivity contribution >= 4 is 21.4 Å². The van der Waals surface area contributed by atoms with E-state index in [0.29, 0.717) is 5.92 Å². The fourth-order valence-electron chi connectivity index (χ4n) is 3.35. The molecule has 3 rings (SSSR count). The van der Waals surface area contributed by atoms with Gasteiger partial charge in [-0.25, -0.2) is 13.1 Å². The van der Waals surface area contributed by atoms with E-state index in [4.69, 9.17) is 0 Å². The summed E-state index contributed by atoms with van der Waals surface area (Å²) in [6.07, 6.45) is 4.08. The lowest BCUT2D eigenvalue weighted by Gasteiger charge is -2.22. The number of thiophene rings is 1. The van der Waals surface area contributed by atoms with Crippen LogP contribution in [0.2, 0.25) is 0 Å². The first-order valence-electron chi connectivity index (χ1n) is 8.58. The summed E-state index contributed by atoms with van der Waals surface area (Å²) in [7, 11) is -3.19. The first-order chi connectivity index (χ1) is 11.5. The summed E-state index contributed by atoms with van der Waals surface area (Å²) < 4.78 is 27.2. The minimum atomic E-state index is -3.19. The van der Waals surface area contributed by atoms with E-state index in [0.717, 1.165) is 25.7 Å². The van der Waals surface area contributed by atoms with Gasteiger partial charge in [0, 0.05) is 6.04 Å². The molecular formula is C19H25NO2S2. The topological polar surface area (TPSA) is 46.2 Å². The SMILES string of the molecule is CC(C)S(=O)(=O)NC1CCCC1Cc1ccc(-c2ccsc2)cc1. The van der Waals surface area contributed by atoms with Gasteiger partial charge in [-0.15, -0.1) is 0 Å². The summed E-state index contributed by atoms with van der Waals surface area (Å²) in [5, 5.41) is 3.87. The molecule has 1 aliphatic rings. The molecule has 0 saturated heterocycles. The second-order valence-corrected chi connectivity index (χ2v) is 9.97. The van der Waals surface area contributed by atoms with Gasteiger partial charge in [0.05, 0.1) is 5.25 Å². The Morgan fingerprint density at radius 1 is 1.12 bits per heavy atom. The van der Waals surface area contributed by atoms with Gasteiger partial charge in [-0.3, -0.25) is 0 Å². The molecule has 5 heteroatoms. The van der Waals surface area contributed by atoms with E-state index < -0.39 is 10.0 Å². The number of rotatable bonds is 6. The maximum atomic E-state index is 12.2. The van der Waals surface area contributed by atoms with Crippen molar-refractivity contribution in [2.75, 3.05) is 0 Å². The van der Waals surface area contributed by atoms with Crippen molar-refractivity contribution < 1.29 is 8.42 Å². The number of benzene rings is 1. The molecule has 1 aliphatic carbocycles. The highest BCUT2D eigenvalue weighted by Gasteiger charge is 2.31. The maximum Gasteiger partial charge on any atom is 0.214 e. The Morgan fingerprint density at radius 3 is 2.50 bits per heavy atom. The zero-order valence-corrected chi connectivity index (χ0v) is 15.9. The molecule has 3 nitrogen and oxygen atoms in total. The average Bonchev–Trinajstić information content (AvgIpc) is 3.20. The van der Waals surface area contributed by atoms with Gasteiger partial charge in [-0.2, -0.15) is 11.3 Å². The van der Waals surface area contributed by atoms with Gasteiger partial charge in [0.15, 0.2) is 0 Å². The zero-order valence-electron chi connectivity index (χ0n) is 14.2. The molecule has 1 aromatic heterocycles. The van der Waals surface area contributed by atoms with Gasteiger partial charge in [-0.05, 0) is 72.5 Å². The van der Waals surface area contributed by atoms with Crippen LogP contribution < -0.4 is 4.72 Å². The molecule has 0 aliphatic heterocycles. The van der Waals surface area contributed by atoms with Crippen molar-refractivity contribution in [1.29, 1.82) is 0 Å². The van der Waals surface area contributed by atoms with Crippen LogP contribution in [0.3, 0.4) is 0 Å². The number of hydrogen-bond acceptors (Lipinski definition) is 3. The van der Waals surface area contributed by atoms with Gasteiger partial charge < -0.3 is 0 Å². The Hall–Kier alpha value is -1.17. The number of sulfonamides is 1. The van der Waals surface area contributed by atoms with E-state index in [-0.39, 0.29) is 11.3 Å². The molecule has 0 bridgehead atoms. The monoisotopic (exact) mass is 363 g/mol. The predicted octanol–water partition coefficient (Wildman–Crippen LogP) is 4.45. The molecule has 2 aromatic rings. The van der Waals surface area contributed by atoms with Crippen LogP contribution >= 0.6 is 11.3 Å². The van der Waals surface area contributed by atoms with E-state index in [1.54, 1.807) is 25.2 Å². The zero-order chi connectivity index (χ0) is 17.2. The molecule has 0 amide bonds. The minimum absolute atomic E-state index is 0.0777. The molecule has 1 N–H and O–H groups in total. The summed E-state index contributed by atoms with van der Waals surface area (Å²) in [6, 6.07) is 10.9. The third kappa shape index (κ3) is 4.08. The molecule has 1 saturated carbocycles. The van der Waals surface area contributed by atoms with E-state index in [1.165, 1.54) is 16.7 Å². The minimum Gasteiger partial charge on any atom is -0.212 e. The molecule has 0 spiro atoms. The predicted molar refractivity (Wildman–Crippen MR) is 102 cm³/mol. The van der Waals surface area contributed by atoms with Crippen molar-refractivity contribution in [3.63, 3.8) is 0 Å². The lowest BCUT2D eigenvalue weighted by atomic mass is 9.94. The van der Waals surface area contributed by atoms with E-state index in [2.05, 4.69) is 45.8 Å². The van der Waals surface area contributed by atoms with Crippen molar-refractivity contribution in [1.82, 2.24) is 4.72 Å². The van der Waals surface area contributed by atoms with Crippen LogP contribution in [0, 0.1) is 5.92 Å². The molecule has 2 atom stereocenters. The molecule has 0 radical (unpaired) electrons. The Bertz CT molecular complexity index is 749. The second-order valence-electron chi connectivity index (χ2n) is 6.92. The standard InChI is InChI=1S/C19H25NO2S2/c1-14(2)24(21,22)20-19-5-3-4-17(19)12-15-6-8-16(9-7-15)18-10-11-23-13-18/h6-11,13-14,17,19-20H,3-5,12H2,1-2H3. The molecule has 1 heterocycles. The molecule has 1 aromatic carbocycles. The quantitative estimate of drug-likeness (QED) is 0.824. The van der Waals surface area contributed by atoms with Crippen LogP contribution in [0.1, 0.15) is 38.7 Å². The summed E-state index contributed by atoms with van der Waals surface area (Å²) in [4.78, 5) is 0.